The van der Waals surface area contributed by atoms with Crippen LogP contribution in [0.5, 0.6) is 0 Å². The van der Waals surface area contributed by atoms with Gasteiger partial charge in [-0.05, 0) is 18.8 Å². The minimum absolute atomic E-state index is 0.0957. The summed E-state index contributed by atoms with van der Waals surface area (Å²) < 4.78 is 26.4. The Balaban J connectivity index is 2.63. The van der Waals surface area contributed by atoms with Gasteiger partial charge in [-0.15, -0.1) is 0 Å². The molecule has 0 bridgehead atoms. The van der Waals surface area contributed by atoms with E-state index in [4.69, 9.17) is 0 Å². The lowest BCUT2D eigenvalue weighted by atomic mass is 10.1. The van der Waals surface area contributed by atoms with E-state index in [-0.39, 0.29) is 4.90 Å². The van der Waals surface area contributed by atoms with E-state index in [0.717, 1.165) is 19.4 Å². The van der Waals surface area contributed by atoms with Gasteiger partial charge >= 0.3 is 0 Å². The molecule has 0 spiro atoms. The van der Waals surface area contributed by atoms with Crippen LogP contribution in [0.2, 0.25) is 0 Å². The number of hydrogen-bond donors (Lipinski definition) is 2. The zero-order valence-corrected chi connectivity index (χ0v) is 12.5. The van der Waals surface area contributed by atoms with Crippen molar-refractivity contribution in [2.75, 3.05) is 18.4 Å². The molecule has 1 heterocycles. The van der Waals surface area contributed by atoms with E-state index < -0.39 is 10.0 Å². The Morgan fingerprint density at radius 1 is 1.21 bits per heavy atom. The Labute approximate surface area is 115 Å². The molecule has 0 atom stereocenters. The van der Waals surface area contributed by atoms with E-state index in [0.29, 0.717) is 18.4 Å². The summed E-state index contributed by atoms with van der Waals surface area (Å²) in [4.78, 5) is 8.06. The summed E-state index contributed by atoms with van der Waals surface area (Å²) in [5, 5.41) is 2.99. The maximum Gasteiger partial charge on any atom is 0.243 e. The number of hydrogen-bond acceptors (Lipinski definition) is 5. The van der Waals surface area contributed by atoms with Gasteiger partial charge in [0, 0.05) is 13.1 Å². The maximum absolute atomic E-state index is 11.9. The van der Waals surface area contributed by atoms with Crippen molar-refractivity contribution in [3.05, 3.63) is 12.4 Å². The first kappa shape index (κ1) is 15.8. The average Bonchev–Trinajstić information content (AvgIpc) is 2.36. The average molecular weight is 286 g/mol. The summed E-state index contributed by atoms with van der Waals surface area (Å²) in [7, 11) is -3.50. The quantitative estimate of drug-likeness (QED) is 0.758. The number of anilines is 1. The van der Waals surface area contributed by atoms with Crippen LogP contribution in [0.15, 0.2) is 17.3 Å². The summed E-state index contributed by atoms with van der Waals surface area (Å²) in [6.07, 6.45) is 4.40. The maximum atomic E-state index is 11.9. The molecule has 0 fully saturated rings. The van der Waals surface area contributed by atoms with Crippen LogP contribution in [-0.4, -0.2) is 31.5 Å². The molecular formula is C12H22N4O2S. The SMILES string of the molecule is CCCNc1ncc(S(=O)(=O)NCCC(C)C)cn1. The molecule has 0 amide bonds. The third kappa shape index (κ3) is 5.52. The van der Waals surface area contributed by atoms with Gasteiger partial charge in [0.05, 0.1) is 12.4 Å². The fraction of sp³-hybridized carbons (Fsp3) is 0.667. The van der Waals surface area contributed by atoms with E-state index >= 15 is 0 Å². The Morgan fingerprint density at radius 3 is 2.37 bits per heavy atom. The molecule has 0 saturated heterocycles. The highest BCUT2D eigenvalue weighted by Gasteiger charge is 2.14. The highest BCUT2D eigenvalue weighted by Crippen LogP contribution is 2.08. The van der Waals surface area contributed by atoms with Crippen molar-refractivity contribution in [1.82, 2.24) is 14.7 Å². The molecule has 0 aliphatic heterocycles. The molecule has 19 heavy (non-hydrogen) atoms. The van der Waals surface area contributed by atoms with E-state index in [2.05, 4.69) is 20.0 Å². The first-order valence-electron chi connectivity index (χ1n) is 6.51. The monoisotopic (exact) mass is 286 g/mol. The molecule has 0 aliphatic carbocycles. The predicted molar refractivity (Wildman–Crippen MR) is 75.5 cm³/mol. The highest BCUT2D eigenvalue weighted by atomic mass is 32.2. The molecule has 0 saturated carbocycles. The molecule has 0 aromatic carbocycles. The van der Waals surface area contributed by atoms with Gasteiger partial charge in [0.25, 0.3) is 0 Å². The lowest BCUT2D eigenvalue weighted by Gasteiger charge is -2.08. The zero-order chi connectivity index (χ0) is 14.3. The second-order valence-electron chi connectivity index (χ2n) is 4.75. The number of nitrogens with one attached hydrogen (secondary N) is 2. The third-order valence-corrected chi connectivity index (χ3v) is 3.90. The van der Waals surface area contributed by atoms with E-state index in [9.17, 15) is 8.42 Å². The molecule has 1 aromatic heterocycles. The third-order valence-electron chi connectivity index (χ3n) is 2.49. The number of aromatic nitrogens is 2. The van der Waals surface area contributed by atoms with Crippen LogP contribution in [0.3, 0.4) is 0 Å². The molecular weight excluding hydrogens is 264 g/mol. The van der Waals surface area contributed by atoms with Crippen LogP contribution in [0, 0.1) is 5.92 Å². The molecule has 7 heteroatoms. The van der Waals surface area contributed by atoms with Crippen molar-refractivity contribution in [3.8, 4) is 0 Å². The van der Waals surface area contributed by atoms with Gasteiger partial charge in [-0.2, -0.15) is 0 Å². The van der Waals surface area contributed by atoms with Crippen LogP contribution < -0.4 is 10.0 Å². The van der Waals surface area contributed by atoms with Crippen LogP contribution in [0.4, 0.5) is 5.95 Å². The number of rotatable bonds is 8. The highest BCUT2D eigenvalue weighted by molar-refractivity contribution is 7.89. The largest absolute Gasteiger partial charge is 0.354 e. The molecule has 2 N–H and O–H groups in total. The van der Waals surface area contributed by atoms with Crippen LogP contribution in [-0.2, 0) is 10.0 Å². The minimum atomic E-state index is -3.50. The van der Waals surface area contributed by atoms with Gasteiger partial charge in [-0.3, -0.25) is 0 Å². The molecule has 1 rings (SSSR count). The van der Waals surface area contributed by atoms with Gasteiger partial charge < -0.3 is 5.32 Å². The fourth-order valence-electron chi connectivity index (χ4n) is 1.35. The van der Waals surface area contributed by atoms with Crippen LogP contribution in [0.1, 0.15) is 33.6 Å². The Kier molecular flexibility index (Phi) is 6.17. The predicted octanol–water partition coefficient (Wildman–Crippen LogP) is 1.62. The molecule has 108 valence electrons. The van der Waals surface area contributed by atoms with Crippen molar-refractivity contribution >= 4 is 16.0 Å². The van der Waals surface area contributed by atoms with Crippen molar-refractivity contribution in [2.24, 2.45) is 5.92 Å². The molecule has 6 nitrogen and oxygen atoms in total. The number of nitrogens with zero attached hydrogens (tertiary/aromatic N) is 2. The summed E-state index contributed by atoms with van der Waals surface area (Å²) in [6.45, 7) is 7.32. The molecule has 0 aliphatic rings. The van der Waals surface area contributed by atoms with Gasteiger partial charge in [0.15, 0.2) is 0 Å². The lowest BCUT2D eigenvalue weighted by molar-refractivity contribution is 0.551. The van der Waals surface area contributed by atoms with Crippen molar-refractivity contribution in [2.45, 2.75) is 38.5 Å². The van der Waals surface area contributed by atoms with Gasteiger partial charge in [-0.25, -0.2) is 23.1 Å². The first-order valence-corrected chi connectivity index (χ1v) is 7.99. The second-order valence-corrected chi connectivity index (χ2v) is 6.52. The van der Waals surface area contributed by atoms with Crippen molar-refractivity contribution in [3.63, 3.8) is 0 Å². The van der Waals surface area contributed by atoms with E-state index in [1.54, 1.807) is 0 Å². The van der Waals surface area contributed by atoms with Crippen LogP contribution in [0.25, 0.3) is 0 Å². The number of sulfonamides is 1. The molecule has 0 unspecified atom stereocenters. The van der Waals surface area contributed by atoms with Gasteiger partial charge in [-0.1, -0.05) is 20.8 Å². The summed E-state index contributed by atoms with van der Waals surface area (Å²) >= 11 is 0. The molecule has 1 aromatic rings. The summed E-state index contributed by atoms with van der Waals surface area (Å²) in [5.74, 6) is 0.905. The summed E-state index contributed by atoms with van der Waals surface area (Å²) in [6, 6.07) is 0. The Bertz CT molecular complexity index is 471. The summed E-state index contributed by atoms with van der Waals surface area (Å²) in [5.41, 5.74) is 0. The zero-order valence-electron chi connectivity index (χ0n) is 11.7. The van der Waals surface area contributed by atoms with Crippen LogP contribution >= 0.6 is 0 Å². The Hall–Kier alpha value is -1.21. The van der Waals surface area contributed by atoms with E-state index in [1.807, 2.05) is 20.8 Å². The normalized spacial score (nSPS) is 11.8. The second kappa shape index (κ2) is 7.40. The van der Waals surface area contributed by atoms with Gasteiger partial charge in [0.2, 0.25) is 16.0 Å². The lowest BCUT2D eigenvalue weighted by Crippen LogP contribution is -2.26. The molecule has 0 radical (unpaired) electrons. The smallest absolute Gasteiger partial charge is 0.243 e. The Morgan fingerprint density at radius 2 is 1.84 bits per heavy atom. The van der Waals surface area contributed by atoms with Crippen molar-refractivity contribution < 1.29 is 8.42 Å². The van der Waals surface area contributed by atoms with E-state index in [1.165, 1.54) is 12.4 Å². The topological polar surface area (TPSA) is 84.0 Å². The standard InChI is InChI=1S/C12H22N4O2S/c1-4-6-13-12-14-8-11(9-15-12)19(17,18)16-7-5-10(2)3/h8-10,16H,4-7H2,1-3H3,(H,13,14,15). The minimum Gasteiger partial charge on any atom is -0.354 e. The van der Waals surface area contributed by atoms with Crippen molar-refractivity contribution in [1.29, 1.82) is 0 Å². The van der Waals surface area contributed by atoms with Gasteiger partial charge in [0.1, 0.15) is 4.90 Å². The first-order chi connectivity index (χ1) is 8.95. The fourth-order valence-corrected chi connectivity index (χ4v) is 2.28.